The van der Waals surface area contributed by atoms with Gasteiger partial charge in [0.05, 0.1) is 12.1 Å². The van der Waals surface area contributed by atoms with Crippen molar-refractivity contribution in [1.29, 1.82) is 0 Å². The Bertz CT molecular complexity index is 1020. The quantitative estimate of drug-likeness (QED) is 0.398. The summed E-state index contributed by atoms with van der Waals surface area (Å²) in [6.45, 7) is 7.67. The highest BCUT2D eigenvalue weighted by atomic mass is 16.4. The normalized spacial score (nSPS) is 11.1. The zero-order valence-corrected chi connectivity index (χ0v) is 19.6. The number of carbonyl (C=O) groups is 3. The van der Waals surface area contributed by atoms with Crippen molar-refractivity contribution in [2.75, 3.05) is 6.54 Å². The molecule has 2 aromatic carbocycles. The van der Waals surface area contributed by atoms with Gasteiger partial charge in [-0.25, -0.2) is 19.5 Å². The van der Waals surface area contributed by atoms with Gasteiger partial charge in [-0.05, 0) is 56.0 Å². The van der Waals surface area contributed by atoms with E-state index < -0.39 is 18.0 Å². The number of urea groups is 2. The van der Waals surface area contributed by atoms with Crippen LogP contribution < -0.4 is 10.6 Å². The zero-order chi connectivity index (χ0) is 24.4. The first kappa shape index (κ1) is 25.6. The first-order chi connectivity index (χ1) is 15.7. The summed E-state index contributed by atoms with van der Waals surface area (Å²) in [5, 5.41) is 14.3. The van der Waals surface area contributed by atoms with Crippen molar-refractivity contribution in [2.24, 2.45) is 4.99 Å². The number of benzene rings is 2. The maximum absolute atomic E-state index is 12.7. The average Bonchev–Trinajstić information content (AvgIpc) is 2.75. The second-order valence-corrected chi connectivity index (χ2v) is 7.93. The molecule has 8 heteroatoms. The van der Waals surface area contributed by atoms with Gasteiger partial charge in [0.1, 0.15) is 5.84 Å². The number of nitrogens with zero attached hydrogens (tertiary/aromatic N) is 2. The maximum atomic E-state index is 12.7. The highest BCUT2D eigenvalue weighted by Gasteiger charge is 2.22. The van der Waals surface area contributed by atoms with Crippen LogP contribution in [0.2, 0.25) is 0 Å². The van der Waals surface area contributed by atoms with E-state index in [9.17, 15) is 14.4 Å². The van der Waals surface area contributed by atoms with Crippen LogP contribution in [0.25, 0.3) is 0 Å². The maximum Gasteiger partial charge on any atom is 0.330 e. The van der Waals surface area contributed by atoms with Crippen LogP contribution in [-0.4, -0.2) is 40.4 Å². The number of carbonyl (C=O) groups excluding carboxylic acids is 2. The molecule has 2 aromatic rings. The molecule has 0 aliphatic carbocycles. The van der Waals surface area contributed by atoms with Gasteiger partial charge in [-0.1, -0.05) is 49.2 Å². The highest BCUT2D eigenvalue weighted by molar-refractivity contribution is 6.03. The van der Waals surface area contributed by atoms with E-state index in [0.29, 0.717) is 11.5 Å². The van der Waals surface area contributed by atoms with Crippen molar-refractivity contribution < 1.29 is 19.5 Å². The fraction of sp³-hybridized carbons (Fsp3) is 0.360. The first-order valence-electron chi connectivity index (χ1n) is 11.0. The van der Waals surface area contributed by atoms with E-state index in [-0.39, 0.29) is 19.5 Å². The van der Waals surface area contributed by atoms with Gasteiger partial charge in [0, 0.05) is 13.1 Å². The standard InChI is InChI=1S/C25H32N4O4/c1-5-6-21-11-12-22(15-18(21)3)27-19(4)28-25(33)29(14-13-23(30)31)24(32)26-16-20-9-7-17(2)8-10-20/h7-12,15H,5-6,13-14,16H2,1-4H3,(H,26,32)(H,30,31)(H,27,28,33). The number of hydrogen-bond acceptors (Lipinski definition) is 4. The summed E-state index contributed by atoms with van der Waals surface area (Å²) in [6, 6.07) is 12.0. The van der Waals surface area contributed by atoms with Gasteiger partial charge in [0.25, 0.3) is 0 Å². The van der Waals surface area contributed by atoms with E-state index in [1.165, 1.54) is 5.56 Å². The molecular weight excluding hydrogens is 420 g/mol. The van der Waals surface area contributed by atoms with Gasteiger partial charge >= 0.3 is 18.0 Å². The molecule has 8 nitrogen and oxygen atoms in total. The summed E-state index contributed by atoms with van der Waals surface area (Å²) in [4.78, 5) is 41.7. The summed E-state index contributed by atoms with van der Waals surface area (Å²) >= 11 is 0. The molecule has 3 N–H and O–H groups in total. The molecule has 176 valence electrons. The second kappa shape index (κ2) is 12.4. The summed E-state index contributed by atoms with van der Waals surface area (Å²) in [6.07, 6.45) is 1.68. The van der Waals surface area contributed by atoms with E-state index >= 15 is 0 Å². The molecule has 0 fully saturated rings. The third-order valence-corrected chi connectivity index (χ3v) is 5.03. The number of imide groups is 1. The van der Waals surface area contributed by atoms with E-state index in [2.05, 4.69) is 22.5 Å². The summed E-state index contributed by atoms with van der Waals surface area (Å²) < 4.78 is 0. The Kier molecular flexibility index (Phi) is 9.60. The lowest BCUT2D eigenvalue weighted by molar-refractivity contribution is -0.137. The van der Waals surface area contributed by atoms with Crippen LogP contribution in [0.4, 0.5) is 15.3 Å². The molecule has 0 spiro atoms. The molecule has 0 radical (unpaired) electrons. The van der Waals surface area contributed by atoms with Crippen molar-refractivity contribution in [3.8, 4) is 0 Å². The smallest absolute Gasteiger partial charge is 0.330 e. The van der Waals surface area contributed by atoms with Crippen LogP contribution in [0.15, 0.2) is 47.5 Å². The van der Waals surface area contributed by atoms with Crippen LogP contribution >= 0.6 is 0 Å². The lowest BCUT2D eigenvalue weighted by Gasteiger charge is -2.21. The molecule has 0 aliphatic heterocycles. The molecule has 0 heterocycles. The number of aliphatic carboxylic acids is 1. The molecule has 0 atom stereocenters. The number of rotatable bonds is 8. The third-order valence-electron chi connectivity index (χ3n) is 5.03. The lowest BCUT2D eigenvalue weighted by atomic mass is 10.0. The third kappa shape index (κ3) is 8.40. The number of aliphatic imine (C=N–C) groups is 1. The van der Waals surface area contributed by atoms with E-state index in [0.717, 1.165) is 34.4 Å². The number of nitrogens with one attached hydrogen (secondary N) is 2. The fourth-order valence-corrected chi connectivity index (χ4v) is 3.23. The predicted octanol–water partition coefficient (Wildman–Crippen LogP) is 4.70. The Morgan fingerprint density at radius 2 is 1.73 bits per heavy atom. The van der Waals surface area contributed by atoms with E-state index in [1.807, 2.05) is 56.3 Å². The zero-order valence-electron chi connectivity index (χ0n) is 19.6. The van der Waals surface area contributed by atoms with Crippen molar-refractivity contribution in [1.82, 2.24) is 15.5 Å². The summed E-state index contributed by atoms with van der Waals surface area (Å²) in [7, 11) is 0. The summed E-state index contributed by atoms with van der Waals surface area (Å²) in [5.41, 5.74) is 5.02. The topological polar surface area (TPSA) is 111 Å². The Hall–Kier alpha value is -3.68. The lowest BCUT2D eigenvalue weighted by Crippen LogP contribution is -2.50. The molecule has 0 aromatic heterocycles. The van der Waals surface area contributed by atoms with Crippen LogP contribution in [0.5, 0.6) is 0 Å². The second-order valence-electron chi connectivity index (χ2n) is 7.93. The molecule has 33 heavy (non-hydrogen) atoms. The minimum atomic E-state index is -1.10. The molecule has 4 amide bonds. The van der Waals surface area contributed by atoms with E-state index in [4.69, 9.17) is 5.11 Å². The Labute approximate surface area is 194 Å². The fourth-order valence-electron chi connectivity index (χ4n) is 3.23. The van der Waals surface area contributed by atoms with Crippen molar-refractivity contribution >= 4 is 29.6 Å². The van der Waals surface area contributed by atoms with Crippen LogP contribution in [0.1, 0.15) is 48.9 Å². The van der Waals surface area contributed by atoms with Gasteiger partial charge < -0.3 is 10.4 Å². The van der Waals surface area contributed by atoms with Gasteiger partial charge in [0.2, 0.25) is 0 Å². The number of amides is 4. The average molecular weight is 453 g/mol. The minimum Gasteiger partial charge on any atom is -0.481 e. The van der Waals surface area contributed by atoms with Gasteiger partial charge in [-0.2, -0.15) is 0 Å². The molecule has 0 aliphatic rings. The Morgan fingerprint density at radius 1 is 1.03 bits per heavy atom. The van der Waals surface area contributed by atoms with Crippen LogP contribution in [-0.2, 0) is 17.8 Å². The van der Waals surface area contributed by atoms with Gasteiger partial charge in [0.15, 0.2) is 0 Å². The molecule has 0 bridgehead atoms. The van der Waals surface area contributed by atoms with Crippen molar-refractivity contribution in [3.63, 3.8) is 0 Å². The number of carboxylic acids is 1. The van der Waals surface area contributed by atoms with Gasteiger partial charge in [-0.15, -0.1) is 0 Å². The first-order valence-corrected chi connectivity index (χ1v) is 11.0. The number of hydrogen-bond donors (Lipinski definition) is 3. The highest BCUT2D eigenvalue weighted by Crippen LogP contribution is 2.19. The predicted molar refractivity (Wildman–Crippen MR) is 129 cm³/mol. The minimum absolute atomic E-state index is 0.215. The van der Waals surface area contributed by atoms with Crippen molar-refractivity contribution in [3.05, 3.63) is 64.7 Å². The Morgan fingerprint density at radius 3 is 2.33 bits per heavy atom. The Balaban J connectivity index is 2.07. The van der Waals surface area contributed by atoms with Crippen LogP contribution in [0.3, 0.4) is 0 Å². The number of aryl methyl sites for hydroxylation is 3. The van der Waals surface area contributed by atoms with E-state index in [1.54, 1.807) is 6.92 Å². The largest absolute Gasteiger partial charge is 0.481 e. The molecule has 2 rings (SSSR count). The number of amidine groups is 1. The monoisotopic (exact) mass is 452 g/mol. The molecule has 0 saturated heterocycles. The van der Waals surface area contributed by atoms with Crippen LogP contribution in [0, 0.1) is 13.8 Å². The molecule has 0 unspecified atom stereocenters. The molecule has 0 saturated carbocycles. The van der Waals surface area contributed by atoms with Crippen molar-refractivity contribution in [2.45, 2.75) is 53.5 Å². The SMILES string of the molecule is CCCc1ccc(/N=C(/C)NC(=O)N(CCC(=O)O)C(=O)NCc2ccc(C)cc2)cc1C. The summed E-state index contributed by atoms with van der Waals surface area (Å²) in [5.74, 6) is -0.804. The number of carboxylic acid groups (broad SMARTS) is 1. The molecular formula is C25H32N4O4. The van der Waals surface area contributed by atoms with Gasteiger partial charge in [-0.3, -0.25) is 10.1 Å².